The monoisotopic (exact) mass is 352 g/mol. The quantitative estimate of drug-likeness (QED) is 0.502. The van der Waals surface area contributed by atoms with Gasteiger partial charge in [-0.1, -0.05) is 13.3 Å². The number of nitrogens with one attached hydrogen (secondary N) is 2. The number of guanidine groups is 1. The minimum absolute atomic E-state index is 0.598. The summed E-state index contributed by atoms with van der Waals surface area (Å²) in [5.74, 6) is 1.57. The van der Waals surface area contributed by atoms with E-state index in [1.54, 1.807) is 0 Å². The van der Waals surface area contributed by atoms with Gasteiger partial charge in [-0.15, -0.1) is 0 Å². The number of likely N-dealkylation sites (N-methyl/N-ethyl adjacent to an activating group) is 1. The number of rotatable bonds is 8. The van der Waals surface area contributed by atoms with Crippen LogP contribution in [0.5, 0.6) is 0 Å². The average Bonchev–Trinajstić information content (AvgIpc) is 2.62. The molecule has 2 fully saturated rings. The van der Waals surface area contributed by atoms with Crippen LogP contribution < -0.4 is 10.6 Å². The summed E-state index contributed by atoms with van der Waals surface area (Å²) in [5, 5.41) is 6.89. The molecule has 6 nitrogen and oxygen atoms in total. The van der Waals surface area contributed by atoms with Crippen LogP contribution in [0.25, 0.3) is 0 Å². The Labute approximate surface area is 155 Å². The zero-order valence-corrected chi connectivity index (χ0v) is 16.8. The van der Waals surface area contributed by atoms with Crippen LogP contribution in [0.2, 0.25) is 0 Å². The van der Waals surface area contributed by atoms with Gasteiger partial charge in [0.25, 0.3) is 0 Å². The second-order valence-electron chi connectivity index (χ2n) is 7.76. The molecule has 0 aromatic rings. The molecule has 2 heterocycles. The van der Waals surface area contributed by atoms with Crippen LogP contribution in [-0.4, -0.2) is 99.7 Å². The Kier molecular flexibility index (Phi) is 9.58. The van der Waals surface area contributed by atoms with Crippen LogP contribution in [0.15, 0.2) is 4.99 Å². The Morgan fingerprint density at radius 3 is 2.36 bits per heavy atom. The van der Waals surface area contributed by atoms with Gasteiger partial charge in [0.15, 0.2) is 5.96 Å². The van der Waals surface area contributed by atoms with E-state index in [-0.39, 0.29) is 0 Å². The van der Waals surface area contributed by atoms with E-state index in [4.69, 9.17) is 4.99 Å². The zero-order valence-electron chi connectivity index (χ0n) is 16.8. The molecule has 2 rings (SSSR count). The number of hydrogen-bond acceptors (Lipinski definition) is 4. The van der Waals surface area contributed by atoms with E-state index < -0.39 is 0 Å². The molecule has 0 amide bonds. The van der Waals surface area contributed by atoms with Crippen molar-refractivity contribution in [3.8, 4) is 0 Å². The standard InChI is InChI=1S/C19H40N6/c1-4-20-19(21-8-11-24-9-6-5-7-10-24)22-16-18(2)17-25-14-12-23(3)13-15-25/h18H,4-17H2,1-3H3,(H2,20,21,22). The van der Waals surface area contributed by atoms with Gasteiger partial charge in [0.05, 0.1) is 0 Å². The molecule has 0 aliphatic carbocycles. The lowest BCUT2D eigenvalue weighted by Gasteiger charge is -2.33. The first-order chi connectivity index (χ1) is 12.2. The first kappa shape index (κ1) is 20.5. The summed E-state index contributed by atoms with van der Waals surface area (Å²) in [5.41, 5.74) is 0. The van der Waals surface area contributed by atoms with E-state index in [1.807, 2.05) is 0 Å². The van der Waals surface area contributed by atoms with E-state index in [0.29, 0.717) is 5.92 Å². The SMILES string of the molecule is CCNC(=NCC(C)CN1CCN(C)CC1)NCCN1CCCCC1. The summed E-state index contributed by atoms with van der Waals surface area (Å²) < 4.78 is 0. The Balaban J connectivity index is 1.66. The predicted octanol–water partition coefficient (Wildman–Crippen LogP) is 0.911. The maximum Gasteiger partial charge on any atom is 0.191 e. The van der Waals surface area contributed by atoms with Crippen LogP contribution in [0.3, 0.4) is 0 Å². The maximum atomic E-state index is 4.82. The summed E-state index contributed by atoms with van der Waals surface area (Å²) in [6.07, 6.45) is 4.12. The number of likely N-dealkylation sites (tertiary alicyclic amines) is 1. The third kappa shape index (κ3) is 8.38. The largest absolute Gasteiger partial charge is 0.357 e. The van der Waals surface area contributed by atoms with Crippen molar-refractivity contribution in [3.63, 3.8) is 0 Å². The zero-order chi connectivity index (χ0) is 17.9. The minimum Gasteiger partial charge on any atom is -0.357 e. The molecular weight excluding hydrogens is 312 g/mol. The lowest BCUT2D eigenvalue weighted by atomic mass is 10.1. The highest BCUT2D eigenvalue weighted by molar-refractivity contribution is 5.79. The molecule has 0 aromatic heterocycles. The molecule has 1 unspecified atom stereocenters. The van der Waals surface area contributed by atoms with Crippen molar-refractivity contribution in [1.29, 1.82) is 0 Å². The molecule has 0 spiro atoms. The number of hydrogen-bond donors (Lipinski definition) is 2. The maximum absolute atomic E-state index is 4.82. The van der Waals surface area contributed by atoms with Crippen LogP contribution in [0.1, 0.15) is 33.1 Å². The molecule has 0 aromatic carbocycles. The van der Waals surface area contributed by atoms with Crippen molar-refractivity contribution in [2.24, 2.45) is 10.9 Å². The predicted molar refractivity (Wildman–Crippen MR) is 107 cm³/mol. The van der Waals surface area contributed by atoms with Gasteiger partial charge in [-0.2, -0.15) is 0 Å². The number of piperazine rings is 1. The minimum atomic E-state index is 0.598. The van der Waals surface area contributed by atoms with Crippen LogP contribution in [-0.2, 0) is 0 Å². The highest BCUT2D eigenvalue weighted by Crippen LogP contribution is 2.07. The van der Waals surface area contributed by atoms with Crippen molar-refractivity contribution in [2.75, 3.05) is 79.0 Å². The number of nitrogens with zero attached hydrogens (tertiary/aromatic N) is 4. The number of piperidine rings is 1. The molecule has 146 valence electrons. The van der Waals surface area contributed by atoms with Gasteiger partial charge < -0.3 is 25.3 Å². The van der Waals surface area contributed by atoms with Crippen molar-refractivity contribution in [1.82, 2.24) is 25.3 Å². The molecule has 2 aliphatic heterocycles. The van der Waals surface area contributed by atoms with Gasteiger partial charge in [-0.25, -0.2) is 0 Å². The fourth-order valence-corrected chi connectivity index (χ4v) is 3.63. The Morgan fingerprint density at radius 2 is 1.68 bits per heavy atom. The molecule has 2 saturated heterocycles. The Morgan fingerprint density at radius 1 is 0.960 bits per heavy atom. The summed E-state index contributed by atoms with van der Waals surface area (Å²) in [6, 6.07) is 0. The Bertz CT molecular complexity index is 372. The van der Waals surface area contributed by atoms with E-state index >= 15 is 0 Å². The average molecular weight is 353 g/mol. The lowest BCUT2D eigenvalue weighted by Crippen LogP contribution is -2.46. The van der Waals surface area contributed by atoms with Gasteiger partial charge in [-0.05, 0) is 45.8 Å². The molecule has 0 radical (unpaired) electrons. The second kappa shape index (κ2) is 11.7. The molecule has 0 saturated carbocycles. The third-order valence-corrected chi connectivity index (χ3v) is 5.24. The smallest absolute Gasteiger partial charge is 0.191 e. The molecule has 25 heavy (non-hydrogen) atoms. The van der Waals surface area contributed by atoms with Gasteiger partial charge in [0, 0.05) is 58.9 Å². The van der Waals surface area contributed by atoms with E-state index in [0.717, 1.165) is 38.7 Å². The molecule has 6 heteroatoms. The highest BCUT2D eigenvalue weighted by Gasteiger charge is 2.16. The molecule has 1 atom stereocenters. The number of aliphatic imine (C=N–C) groups is 1. The van der Waals surface area contributed by atoms with Crippen molar-refractivity contribution in [2.45, 2.75) is 33.1 Å². The summed E-state index contributed by atoms with van der Waals surface area (Å²) in [7, 11) is 2.21. The highest BCUT2D eigenvalue weighted by atomic mass is 15.2. The van der Waals surface area contributed by atoms with Gasteiger partial charge in [0.2, 0.25) is 0 Å². The third-order valence-electron chi connectivity index (χ3n) is 5.24. The van der Waals surface area contributed by atoms with E-state index in [9.17, 15) is 0 Å². The fourth-order valence-electron chi connectivity index (χ4n) is 3.63. The van der Waals surface area contributed by atoms with Crippen molar-refractivity contribution in [3.05, 3.63) is 0 Å². The van der Waals surface area contributed by atoms with Crippen LogP contribution >= 0.6 is 0 Å². The molecule has 0 bridgehead atoms. The normalized spacial score (nSPS) is 22.8. The topological polar surface area (TPSA) is 46.1 Å². The van der Waals surface area contributed by atoms with Crippen molar-refractivity contribution >= 4 is 5.96 Å². The fraction of sp³-hybridized carbons (Fsp3) is 0.947. The van der Waals surface area contributed by atoms with Gasteiger partial charge >= 0.3 is 0 Å². The first-order valence-corrected chi connectivity index (χ1v) is 10.3. The van der Waals surface area contributed by atoms with E-state index in [2.05, 4.69) is 46.2 Å². The lowest BCUT2D eigenvalue weighted by molar-refractivity contribution is 0.140. The van der Waals surface area contributed by atoms with E-state index in [1.165, 1.54) is 58.5 Å². The van der Waals surface area contributed by atoms with Gasteiger partial charge in [-0.3, -0.25) is 4.99 Å². The van der Waals surface area contributed by atoms with Crippen LogP contribution in [0.4, 0.5) is 0 Å². The van der Waals surface area contributed by atoms with Crippen LogP contribution in [0, 0.1) is 5.92 Å². The van der Waals surface area contributed by atoms with Gasteiger partial charge in [0.1, 0.15) is 0 Å². The summed E-state index contributed by atoms with van der Waals surface area (Å²) in [4.78, 5) is 12.4. The molecule has 2 aliphatic rings. The first-order valence-electron chi connectivity index (χ1n) is 10.3. The summed E-state index contributed by atoms with van der Waals surface area (Å²) in [6.45, 7) is 16.8. The van der Waals surface area contributed by atoms with Crippen molar-refractivity contribution < 1.29 is 0 Å². The Hall–Kier alpha value is -0.850. The summed E-state index contributed by atoms with van der Waals surface area (Å²) >= 11 is 0. The molecular formula is C19H40N6. The molecule has 2 N–H and O–H groups in total. The second-order valence-corrected chi connectivity index (χ2v) is 7.76.